The van der Waals surface area contributed by atoms with Gasteiger partial charge >= 0.3 is 5.97 Å². The Morgan fingerprint density at radius 1 is 1.24 bits per heavy atom. The van der Waals surface area contributed by atoms with Gasteiger partial charge in [-0.2, -0.15) is 0 Å². The summed E-state index contributed by atoms with van der Waals surface area (Å²) in [5.74, 6) is -0.811. The zero-order valence-corrected chi connectivity index (χ0v) is 13.8. The summed E-state index contributed by atoms with van der Waals surface area (Å²) in [7, 11) is 0. The maximum atomic E-state index is 11.0. The van der Waals surface area contributed by atoms with Crippen molar-refractivity contribution in [1.29, 1.82) is 0 Å². The molecule has 1 aromatic carbocycles. The standard InChI is InChI=1S/C17H21NO2S/c1-5-14-18-16(13(21-14)10-15(19)20)11-6-8-12(9-7-11)17(2,3)4/h6-9H,5,10H2,1-4H3,(H,19,20). The van der Waals surface area contributed by atoms with E-state index in [0.717, 1.165) is 27.6 Å². The highest BCUT2D eigenvalue weighted by molar-refractivity contribution is 7.12. The number of carbonyl (C=O) groups is 1. The van der Waals surface area contributed by atoms with Crippen LogP contribution in [0.2, 0.25) is 0 Å². The van der Waals surface area contributed by atoms with Gasteiger partial charge < -0.3 is 5.11 Å². The summed E-state index contributed by atoms with van der Waals surface area (Å²) in [5.41, 5.74) is 3.19. The van der Waals surface area contributed by atoms with E-state index in [1.807, 2.05) is 19.1 Å². The normalized spacial score (nSPS) is 11.6. The Kier molecular flexibility index (Phi) is 4.47. The van der Waals surface area contributed by atoms with E-state index in [1.54, 1.807) is 0 Å². The Labute approximate surface area is 129 Å². The van der Waals surface area contributed by atoms with Crippen LogP contribution in [0.1, 0.15) is 43.1 Å². The number of carboxylic acids is 1. The molecule has 0 saturated heterocycles. The number of aryl methyl sites for hydroxylation is 1. The van der Waals surface area contributed by atoms with Gasteiger partial charge in [-0.15, -0.1) is 11.3 Å². The molecule has 0 spiro atoms. The van der Waals surface area contributed by atoms with Crippen LogP contribution < -0.4 is 0 Å². The largest absolute Gasteiger partial charge is 0.481 e. The number of hydrogen-bond acceptors (Lipinski definition) is 3. The molecule has 4 heteroatoms. The molecule has 1 aromatic heterocycles. The molecule has 0 atom stereocenters. The number of aromatic nitrogens is 1. The molecule has 112 valence electrons. The second-order valence-corrected chi connectivity index (χ2v) is 7.30. The van der Waals surface area contributed by atoms with Crippen molar-refractivity contribution in [2.45, 2.75) is 46.0 Å². The molecular formula is C17H21NO2S. The lowest BCUT2D eigenvalue weighted by atomic mass is 9.86. The van der Waals surface area contributed by atoms with Crippen LogP contribution >= 0.6 is 11.3 Å². The van der Waals surface area contributed by atoms with E-state index in [4.69, 9.17) is 5.11 Å². The summed E-state index contributed by atoms with van der Waals surface area (Å²) in [6.07, 6.45) is 0.866. The summed E-state index contributed by atoms with van der Waals surface area (Å²) >= 11 is 1.50. The minimum Gasteiger partial charge on any atom is -0.481 e. The quantitative estimate of drug-likeness (QED) is 0.916. The molecular weight excluding hydrogens is 282 g/mol. The van der Waals surface area contributed by atoms with Crippen molar-refractivity contribution < 1.29 is 9.90 Å². The van der Waals surface area contributed by atoms with Crippen LogP contribution in [0.4, 0.5) is 0 Å². The Bertz CT molecular complexity index is 636. The van der Waals surface area contributed by atoms with Crippen LogP contribution in [0, 0.1) is 0 Å². The highest BCUT2D eigenvalue weighted by atomic mass is 32.1. The first kappa shape index (κ1) is 15.7. The van der Waals surface area contributed by atoms with Crippen molar-refractivity contribution in [2.75, 3.05) is 0 Å². The zero-order chi connectivity index (χ0) is 15.6. The number of thiazole rings is 1. The molecule has 0 fully saturated rings. The van der Waals surface area contributed by atoms with Gasteiger partial charge in [0.1, 0.15) is 0 Å². The Hall–Kier alpha value is -1.68. The van der Waals surface area contributed by atoms with Crippen LogP contribution in [-0.4, -0.2) is 16.1 Å². The lowest BCUT2D eigenvalue weighted by Crippen LogP contribution is -2.10. The molecule has 0 amide bonds. The Balaban J connectivity index is 2.41. The van der Waals surface area contributed by atoms with Crippen LogP contribution in [0.25, 0.3) is 11.3 Å². The van der Waals surface area contributed by atoms with Gasteiger partial charge in [-0.25, -0.2) is 4.98 Å². The SMILES string of the molecule is CCc1nc(-c2ccc(C(C)(C)C)cc2)c(CC(=O)O)s1. The van der Waals surface area contributed by atoms with E-state index < -0.39 is 5.97 Å². The highest BCUT2D eigenvalue weighted by Crippen LogP contribution is 2.31. The fourth-order valence-corrected chi connectivity index (χ4v) is 3.18. The fraction of sp³-hybridized carbons (Fsp3) is 0.412. The first-order valence-corrected chi connectivity index (χ1v) is 7.94. The van der Waals surface area contributed by atoms with E-state index >= 15 is 0 Å². The highest BCUT2D eigenvalue weighted by Gasteiger charge is 2.17. The number of nitrogens with zero attached hydrogens (tertiary/aromatic N) is 1. The predicted octanol–water partition coefficient (Wildman–Crippen LogP) is 4.30. The molecule has 0 aliphatic heterocycles. The molecule has 0 saturated carbocycles. The summed E-state index contributed by atoms with van der Waals surface area (Å²) in [4.78, 5) is 16.4. The lowest BCUT2D eigenvalue weighted by molar-refractivity contribution is -0.136. The molecule has 0 bridgehead atoms. The predicted molar refractivity (Wildman–Crippen MR) is 87.0 cm³/mol. The molecule has 21 heavy (non-hydrogen) atoms. The number of aliphatic carboxylic acids is 1. The van der Waals surface area contributed by atoms with E-state index in [9.17, 15) is 4.79 Å². The van der Waals surface area contributed by atoms with Crippen molar-refractivity contribution in [2.24, 2.45) is 0 Å². The summed E-state index contributed by atoms with van der Waals surface area (Å²) in [6, 6.07) is 8.29. The third-order valence-corrected chi connectivity index (χ3v) is 4.58. The number of rotatable bonds is 4. The van der Waals surface area contributed by atoms with E-state index in [-0.39, 0.29) is 11.8 Å². The first-order valence-electron chi connectivity index (χ1n) is 7.12. The van der Waals surface area contributed by atoms with Crippen molar-refractivity contribution >= 4 is 17.3 Å². The fourth-order valence-electron chi connectivity index (χ4n) is 2.16. The third kappa shape index (κ3) is 3.70. The molecule has 0 radical (unpaired) electrons. The van der Waals surface area contributed by atoms with E-state index in [0.29, 0.717) is 0 Å². The molecule has 1 N–H and O–H groups in total. The average Bonchev–Trinajstić information content (AvgIpc) is 2.80. The third-order valence-electron chi connectivity index (χ3n) is 3.38. The topological polar surface area (TPSA) is 50.2 Å². The Morgan fingerprint density at radius 2 is 1.86 bits per heavy atom. The molecule has 2 aromatic rings. The monoisotopic (exact) mass is 303 g/mol. The number of carboxylic acid groups (broad SMARTS) is 1. The second-order valence-electron chi connectivity index (χ2n) is 6.13. The van der Waals surface area contributed by atoms with Gasteiger partial charge in [0.15, 0.2) is 0 Å². The van der Waals surface area contributed by atoms with Crippen molar-refractivity contribution in [3.05, 3.63) is 39.7 Å². The Morgan fingerprint density at radius 3 is 2.33 bits per heavy atom. The van der Waals surface area contributed by atoms with Gasteiger partial charge in [0, 0.05) is 10.4 Å². The van der Waals surface area contributed by atoms with Gasteiger partial charge in [-0.1, -0.05) is 52.0 Å². The summed E-state index contributed by atoms with van der Waals surface area (Å²) < 4.78 is 0. The van der Waals surface area contributed by atoms with Gasteiger partial charge in [0.2, 0.25) is 0 Å². The van der Waals surface area contributed by atoms with Crippen LogP contribution in [-0.2, 0) is 23.1 Å². The second kappa shape index (κ2) is 5.98. The molecule has 0 aliphatic rings. The van der Waals surface area contributed by atoms with Crippen LogP contribution in [0.5, 0.6) is 0 Å². The van der Waals surface area contributed by atoms with Crippen LogP contribution in [0.15, 0.2) is 24.3 Å². The smallest absolute Gasteiger partial charge is 0.308 e. The zero-order valence-electron chi connectivity index (χ0n) is 12.9. The van der Waals surface area contributed by atoms with Crippen molar-refractivity contribution in [3.63, 3.8) is 0 Å². The minimum atomic E-state index is -0.811. The van der Waals surface area contributed by atoms with Crippen molar-refractivity contribution in [3.8, 4) is 11.3 Å². The van der Waals surface area contributed by atoms with Gasteiger partial charge in [0.25, 0.3) is 0 Å². The minimum absolute atomic E-state index is 0.0357. The number of benzene rings is 1. The molecule has 0 unspecified atom stereocenters. The first-order chi connectivity index (χ1) is 9.81. The van der Waals surface area contributed by atoms with E-state index in [1.165, 1.54) is 16.9 Å². The summed E-state index contributed by atoms with van der Waals surface area (Å²) in [6.45, 7) is 8.57. The van der Waals surface area contributed by atoms with Gasteiger partial charge in [0.05, 0.1) is 17.1 Å². The van der Waals surface area contributed by atoms with Gasteiger partial charge in [-0.3, -0.25) is 4.79 Å². The van der Waals surface area contributed by atoms with Crippen LogP contribution in [0.3, 0.4) is 0 Å². The van der Waals surface area contributed by atoms with E-state index in [2.05, 4.69) is 37.9 Å². The molecule has 0 aliphatic carbocycles. The van der Waals surface area contributed by atoms with Crippen molar-refractivity contribution in [1.82, 2.24) is 4.98 Å². The lowest BCUT2D eigenvalue weighted by Gasteiger charge is -2.19. The summed E-state index contributed by atoms with van der Waals surface area (Å²) in [5, 5.41) is 10.0. The maximum absolute atomic E-state index is 11.0. The van der Waals surface area contributed by atoms with Gasteiger partial charge in [-0.05, 0) is 17.4 Å². The molecule has 2 rings (SSSR count). The average molecular weight is 303 g/mol. The number of hydrogen-bond donors (Lipinski definition) is 1. The molecule has 3 nitrogen and oxygen atoms in total. The maximum Gasteiger partial charge on any atom is 0.308 e. The molecule has 1 heterocycles.